The number of aromatic hydroxyl groups is 2. The molecule has 1 aromatic rings. The molecule has 0 aromatic heterocycles. The fraction of sp³-hybridized carbons (Fsp3) is 0.625. The Labute approximate surface area is 120 Å². The maximum Gasteiger partial charge on any atom is 0.119 e. The predicted molar refractivity (Wildman–Crippen MR) is 79.0 cm³/mol. The molecule has 0 bridgehead atoms. The molecule has 0 amide bonds. The van der Waals surface area contributed by atoms with Crippen molar-refractivity contribution in [1.29, 1.82) is 0 Å². The molecule has 2 unspecified atom stereocenters. The van der Waals surface area contributed by atoms with E-state index in [1.807, 2.05) is 0 Å². The molecule has 0 saturated carbocycles. The molecule has 0 aliphatic carbocycles. The maximum atomic E-state index is 9.62. The number of benzene rings is 1. The van der Waals surface area contributed by atoms with Gasteiger partial charge in [-0.3, -0.25) is 9.80 Å². The van der Waals surface area contributed by atoms with Gasteiger partial charge < -0.3 is 10.2 Å². The van der Waals surface area contributed by atoms with E-state index in [4.69, 9.17) is 0 Å². The number of hydrogen-bond acceptors (Lipinski definition) is 4. The van der Waals surface area contributed by atoms with Gasteiger partial charge in [-0.25, -0.2) is 0 Å². The lowest BCUT2D eigenvalue weighted by atomic mass is 10.1. The first-order valence-corrected chi connectivity index (χ1v) is 7.64. The minimum Gasteiger partial charge on any atom is -0.508 e. The molecule has 0 spiro atoms. The van der Waals surface area contributed by atoms with Crippen molar-refractivity contribution in [3.8, 4) is 11.5 Å². The Hall–Kier alpha value is -1.26. The van der Waals surface area contributed by atoms with Gasteiger partial charge in [0.25, 0.3) is 0 Å². The maximum absolute atomic E-state index is 9.62. The van der Waals surface area contributed by atoms with Crippen LogP contribution >= 0.6 is 0 Å². The lowest BCUT2D eigenvalue weighted by molar-refractivity contribution is 0.208. The molecule has 2 saturated heterocycles. The SMILES string of the molecule is CC(c1cc(O)cc(O)c1)N1CCC(N2CCCC2)C1. The second-order valence-electron chi connectivity index (χ2n) is 6.14. The molecular formula is C16H24N2O2. The zero-order valence-corrected chi connectivity index (χ0v) is 12.1. The number of hydrogen-bond donors (Lipinski definition) is 2. The Kier molecular flexibility index (Phi) is 3.85. The lowest BCUT2D eigenvalue weighted by Crippen LogP contribution is -2.35. The first kappa shape index (κ1) is 13.7. The van der Waals surface area contributed by atoms with Crippen molar-refractivity contribution in [3.63, 3.8) is 0 Å². The Morgan fingerprint density at radius 1 is 1.05 bits per heavy atom. The first-order chi connectivity index (χ1) is 9.63. The van der Waals surface area contributed by atoms with Crippen LogP contribution in [0.5, 0.6) is 11.5 Å². The van der Waals surface area contributed by atoms with E-state index in [1.165, 1.54) is 38.4 Å². The Morgan fingerprint density at radius 2 is 1.70 bits per heavy atom. The van der Waals surface area contributed by atoms with Crippen molar-refractivity contribution in [2.45, 2.75) is 38.3 Å². The van der Waals surface area contributed by atoms with Crippen LogP contribution in [0.25, 0.3) is 0 Å². The smallest absolute Gasteiger partial charge is 0.119 e. The van der Waals surface area contributed by atoms with Crippen LogP contribution in [0.2, 0.25) is 0 Å². The third-order valence-electron chi connectivity index (χ3n) is 4.81. The first-order valence-electron chi connectivity index (χ1n) is 7.64. The molecule has 2 N–H and O–H groups in total. The van der Waals surface area contributed by atoms with Gasteiger partial charge in [0, 0.05) is 31.2 Å². The van der Waals surface area contributed by atoms with E-state index in [0.29, 0.717) is 6.04 Å². The van der Waals surface area contributed by atoms with Gasteiger partial charge in [-0.15, -0.1) is 0 Å². The minimum atomic E-state index is 0.141. The van der Waals surface area contributed by atoms with Gasteiger partial charge in [-0.2, -0.15) is 0 Å². The van der Waals surface area contributed by atoms with Gasteiger partial charge in [0.2, 0.25) is 0 Å². The highest BCUT2D eigenvalue weighted by Crippen LogP contribution is 2.31. The van der Waals surface area contributed by atoms with Crippen LogP contribution in [0.15, 0.2) is 18.2 Å². The van der Waals surface area contributed by atoms with Gasteiger partial charge in [0.05, 0.1) is 0 Å². The molecule has 110 valence electrons. The Morgan fingerprint density at radius 3 is 2.35 bits per heavy atom. The summed E-state index contributed by atoms with van der Waals surface area (Å²) in [6.07, 6.45) is 3.91. The zero-order valence-electron chi connectivity index (χ0n) is 12.1. The normalized spacial score (nSPS) is 26.1. The number of phenols is 2. The summed E-state index contributed by atoms with van der Waals surface area (Å²) >= 11 is 0. The van der Waals surface area contributed by atoms with Crippen LogP contribution < -0.4 is 0 Å². The highest BCUT2D eigenvalue weighted by molar-refractivity contribution is 5.38. The molecular weight excluding hydrogens is 252 g/mol. The summed E-state index contributed by atoms with van der Waals surface area (Å²) in [4.78, 5) is 5.07. The van der Waals surface area contributed by atoms with E-state index in [0.717, 1.165) is 18.7 Å². The largest absolute Gasteiger partial charge is 0.508 e. The molecule has 3 rings (SSSR count). The topological polar surface area (TPSA) is 46.9 Å². The fourth-order valence-electron chi connectivity index (χ4n) is 3.59. The predicted octanol–water partition coefficient (Wildman–Crippen LogP) is 2.33. The van der Waals surface area contributed by atoms with Gasteiger partial charge in [-0.1, -0.05) is 0 Å². The van der Waals surface area contributed by atoms with Crippen molar-refractivity contribution in [1.82, 2.24) is 9.80 Å². The number of likely N-dealkylation sites (tertiary alicyclic amines) is 2. The zero-order chi connectivity index (χ0) is 14.1. The van der Waals surface area contributed by atoms with E-state index >= 15 is 0 Å². The summed E-state index contributed by atoms with van der Waals surface area (Å²) in [5, 5.41) is 19.2. The number of phenolic OH excluding ortho intramolecular Hbond substituents is 2. The molecule has 4 nitrogen and oxygen atoms in total. The molecule has 2 aliphatic heterocycles. The number of nitrogens with zero attached hydrogens (tertiary/aromatic N) is 2. The minimum absolute atomic E-state index is 0.141. The summed E-state index contributed by atoms with van der Waals surface area (Å²) < 4.78 is 0. The standard InChI is InChI=1S/C16H24N2O2/c1-12(13-8-15(19)10-16(20)9-13)18-7-4-14(11-18)17-5-2-3-6-17/h8-10,12,14,19-20H,2-7,11H2,1H3. The Balaban J connectivity index is 1.67. The van der Waals surface area contributed by atoms with E-state index in [2.05, 4.69) is 16.7 Å². The average molecular weight is 276 g/mol. The van der Waals surface area contributed by atoms with Crippen molar-refractivity contribution < 1.29 is 10.2 Å². The summed E-state index contributed by atoms with van der Waals surface area (Å²) in [5.74, 6) is 0.282. The van der Waals surface area contributed by atoms with Crippen LogP contribution in [0.1, 0.15) is 37.8 Å². The van der Waals surface area contributed by atoms with E-state index < -0.39 is 0 Å². The molecule has 4 heteroatoms. The molecule has 0 radical (unpaired) electrons. The van der Waals surface area contributed by atoms with Crippen LogP contribution in [-0.2, 0) is 0 Å². The summed E-state index contributed by atoms with van der Waals surface area (Å²) in [5.41, 5.74) is 0.990. The monoisotopic (exact) mass is 276 g/mol. The van der Waals surface area contributed by atoms with Crippen LogP contribution in [0.4, 0.5) is 0 Å². The van der Waals surface area contributed by atoms with Gasteiger partial charge in [0.1, 0.15) is 11.5 Å². The highest BCUT2D eigenvalue weighted by Gasteiger charge is 2.31. The molecule has 20 heavy (non-hydrogen) atoms. The second-order valence-corrected chi connectivity index (χ2v) is 6.14. The fourth-order valence-corrected chi connectivity index (χ4v) is 3.59. The van der Waals surface area contributed by atoms with Gasteiger partial charge >= 0.3 is 0 Å². The van der Waals surface area contributed by atoms with Gasteiger partial charge in [-0.05, 0) is 57.0 Å². The third kappa shape index (κ3) is 2.76. The van der Waals surface area contributed by atoms with Crippen molar-refractivity contribution in [2.24, 2.45) is 0 Å². The van der Waals surface area contributed by atoms with Gasteiger partial charge in [0.15, 0.2) is 0 Å². The molecule has 2 aliphatic rings. The molecule has 2 atom stereocenters. The quantitative estimate of drug-likeness (QED) is 0.889. The summed E-state index contributed by atoms with van der Waals surface area (Å²) in [7, 11) is 0. The van der Waals surface area contributed by atoms with Crippen LogP contribution in [-0.4, -0.2) is 52.2 Å². The molecule has 2 heterocycles. The van der Waals surface area contributed by atoms with E-state index in [-0.39, 0.29) is 17.5 Å². The number of rotatable bonds is 3. The van der Waals surface area contributed by atoms with Crippen LogP contribution in [0, 0.1) is 0 Å². The molecule has 1 aromatic carbocycles. The lowest BCUT2D eigenvalue weighted by Gasteiger charge is -2.27. The average Bonchev–Trinajstić information content (AvgIpc) is 3.07. The van der Waals surface area contributed by atoms with Crippen molar-refractivity contribution in [3.05, 3.63) is 23.8 Å². The molecule has 2 fully saturated rings. The second kappa shape index (κ2) is 5.62. The summed E-state index contributed by atoms with van der Waals surface area (Å²) in [6, 6.07) is 5.82. The van der Waals surface area contributed by atoms with E-state index in [1.54, 1.807) is 12.1 Å². The third-order valence-corrected chi connectivity index (χ3v) is 4.81. The van der Waals surface area contributed by atoms with E-state index in [9.17, 15) is 10.2 Å². The van der Waals surface area contributed by atoms with Crippen LogP contribution in [0.3, 0.4) is 0 Å². The summed E-state index contributed by atoms with van der Waals surface area (Å²) in [6.45, 7) is 6.84. The highest BCUT2D eigenvalue weighted by atomic mass is 16.3. The van der Waals surface area contributed by atoms with Crippen molar-refractivity contribution >= 4 is 0 Å². The van der Waals surface area contributed by atoms with Crippen molar-refractivity contribution in [2.75, 3.05) is 26.2 Å². The Bertz CT molecular complexity index is 451.